The standard InChI is InChI=1S/C25H40O7/c1-13(26)30-19-14-8-9-15-23(7,29)16-10-17(27)20(2,3)25(16)18(31-21(4,5)32-25)11-24(15,19)12-22(14,6)28/h14-19,27-29H,8-12H2,1-7H3. The molecule has 2 spiro atoms. The molecular formula is C25H40O7. The number of hydrogen-bond donors (Lipinski definition) is 3. The minimum Gasteiger partial charge on any atom is -0.462 e. The topological polar surface area (TPSA) is 105 Å². The third kappa shape index (κ3) is 2.58. The van der Waals surface area contributed by atoms with Crippen LogP contribution in [0.15, 0.2) is 0 Å². The number of carbonyl (C=O) groups is 1. The van der Waals surface area contributed by atoms with Gasteiger partial charge in [-0.15, -0.1) is 0 Å². The molecule has 32 heavy (non-hydrogen) atoms. The Bertz CT molecular complexity index is 832. The van der Waals surface area contributed by atoms with Gasteiger partial charge in [-0.3, -0.25) is 4.79 Å². The first-order valence-electron chi connectivity index (χ1n) is 12.2. The van der Waals surface area contributed by atoms with Crippen LogP contribution in [0.3, 0.4) is 0 Å². The molecule has 1 heterocycles. The molecule has 7 heteroatoms. The molecule has 0 aromatic carbocycles. The summed E-state index contributed by atoms with van der Waals surface area (Å²) in [5.74, 6) is -1.99. The first-order chi connectivity index (χ1) is 14.5. The third-order valence-corrected chi connectivity index (χ3v) is 10.3. The fourth-order valence-electron chi connectivity index (χ4n) is 9.25. The van der Waals surface area contributed by atoms with Crippen LogP contribution in [0.2, 0.25) is 0 Å². The summed E-state index contributed by atoms with van der Waals surface area (Å²) < 4.78 is 19.3. The maximum atomic E-state index is 12.4. The van der Waals surface area contributed by atoms with Gasteiger partial charge in [0, 0.05) is 29.6 Å². The van der Waals surface area contributed by atoms with E-state index in [9.17, 15) is 20.1 Å². The smallest absolute Gasteiger partial charge is 0.302 e. The Morgan fingerprint density at radius 2 is 1.69 bits per heavy atom. The highest BCUT2D eigenvalue weighted by Gasteiger charge is 2.80. The molecule has 182 valence electrons. The van der Waals surface area contributed by atoms with Gasteiger partial charge in [0.15, 0.2) is 5.79 Å². The van der Waals surface area contributed by atoms with Crippen molar-refractivity contribution in [1.82, 2.24) is 0 Å². The zero-order valence-corrected chi connectivity index (χ0v) is 20.5. The van der Waals surface area contributed by atoms with E-state index in [1.807, 2.05) is 41.5 Å². The lowest BCUT2D eigenvalue weighted by Gasteiger charge is -2.52. The molecule has 4 aliphatic carbocycles. The van der Waals surface area contributed by atoms with E-state index in [2.05, 4.69) is 0 Å². The number of aliphatic hydroxyl groups is 3. The van der Waals surface area contributed by atoms with Crippen molar-refractivity contribution in [3.8, 4) is 0 Å². The number of rotatable bonds is 1. The van der Waals surface area contributed by atoms with E-state index in [1.165, 1.54) is 6.92 Å². The Hall–Kier alpha value is -0.730. The van der Waals surface area contributed by atoms with Crippen molar-refractivity contribution in [2.45, 2.75) is 121 Å². The molecule has 0 amide bonds. The van der Waals surface area contributed by atoms with E-state index in [4.69, 9.17) is 14.2 Å². The number of fused-ring (bicyclic) bond motifs is 1. The van der Waals surface area contributed by atoms with E-state index in [0.29, 0.717) is 25.7 Å². The van der Waals surface area contributed by atoms with Gasteiger partial charge in [0.05, 0.1) is 23.4 Å². The molecule has 1 aliphatic heterocycles. The Morgan fingerprint density at radius 3 is 2.31 bits per heavy atom. The van der Waals surface area contributed by atoms with Crippen LogP contribution in [-0.4, -0.2) is 62.2 Å². The SMILES string of the molecule is CC(=O)OC1C2CCC3C(C)(O)C4CC(O)C(C)(C)C45OC(C)(C)OC5CC13CC2(C)O. The summed E-state index contributed by atoms with van der Waals surface area (Å²) in [6.07, 6.45) is 1.24. The number of ether oxygens (including phenoxy) is 3. The number of aliphatic hydroxyl groups excluding tert-OH is 1. The lowest BCUT2D eigenvalue weighted by atomic mass is 9.57. The summed E-state index contributed by atoms with van der Waals surface area (Å²) in [7, 11) is 0. The number of esters is 1. The molecule has 2 bridgehead atoms. The average Bonchev–Trinajstić information content (AvgIpc) is 3.02. The van der Waals surface area contributed by atoms with Gasteiger partial charge in [0.25, 0.3) is 0 Å². The Labute approximate surface area is 190 Å². The average molecular weight is 453 g/mol. The van der Waals surface area contributed by atoms with Crippen LogP contribution < -0.4 is 0 Å². The van der Waals surface area contributed by atoms with Gasteiger partial charge in [0.2, 0.25) is 0 Å². The van der Waals surface area contributed by atoms with E-state index < -0.39 is 51.7 Å². The molecule has 0 aromatic rings. The Morgan fingerprint density at radius 1 is 1.03 bits per heavy atom. The molecule has 5 aliphatic rings. The Balaban J connectivity index is 1.73. The summed E-state index contributed by atoms with van der Waals surface area (Å²) in [5, 5.41) is 34.9. The minimum atomic E-state index is -1.20. The molecule has 1 saturated heterocycles. The normalized spacial score (nSPS) is 57.3. The summed E-state index contributed by atoms with van der Waals surface area (Å²) in [4.78, 5) is 12.2. The van der Waals surface area contributed by atoms with Crippen LogP contribution in [0, 0.1) is 28.6 Å². The third-order valence-electron chi connectivity index (χ3n) is 10.3. The highest BCUT2D eigenvalue weighted by atomic mass is 16.8. The minimum absolute atomic E-state index is 0.179. The predicted molar refractivity (Wildman–Crippen MR) is 115 cm³/mol. The molecule has 5 rings (SSSR count). The zero-order chi connectivity index (χ0) is 23.7. The predicted octanol–water partition coefficient (Wildman–Crippen LogP) is 2.54. The second kappa shape index (κ2) is 6.28. The lowest BCUT2D eigenvalue weighted by Crippen LogP contribution is -2.60. The van der Waals surface area contributed by atoms with Crippen LogP contribution in [0.25, 0.3) is 0 Å². The van der Waals surface area contributed by atoms with Crippen molar-refractivity contribution in [2.75, 3.05) is 0 Å². The molecule has 3 N–H and O–H groups in total. The van der Waals surface area contributed by atoms with Gasteiger partial charge in [-0.1, -0.05) is 13.8 Å². The van der Waals surface area contributed by atoms with Crippen molar-refractivity contribution < 1.29 is 34.3 Å². The summed E-state index contributed by atoms with van der Waals surface area (Å²) in [5.41, 5.74) is -4.37. The van der Waals surface area contributed by atoms with Crippen molar-refractivity contribution in [3.63, 3.8) is 0 Å². The van der Waals surface area contributed by atoms with E-state index in [1.54, 1.807) is 0 Å². The highest BCUT2D eigenvalue weighted by molar-refractivity contribution is 5.66. The quantitative estimate of drug-likeness (QED) is 0.525. The summed E-state index contributed by atoms with van der Waals surface area (Å²) >= 11 is 0. The maximum Gasteiger partial charge on any atom is 0.302 e. The van der Waals surface area contributed by atoms with E-state index >= 15 is 0 Å². The van der Waals surface area contributed by atoms with Crippen LogP contribution in [-0.2, 0) is 19.0 Å². The zero-order valence-electron chi connectivity index (χ0n) is 20.5. The van der Waals surface area contributed by atoms with Crippen molar-refractivity contribution >= 4 is 5.97 Å². The van der Waals surface area contributed by atoms with Crippen LogP contribution in [0.4, 0.5) is 0 Å². The molecule has 10 atom stereocenters. The molecule has 10 unspecified atom stereocenters. The molecular weight excluding hydrogens is 412 g/mol. The van der Waals surface area contributed by atoms with Crippen molar-refractivity contribution in [1.29, 1.82) is 0 Å². The van der Waals surface area contributed by atoms with Gasteiger partial charge in [0.1, 0.15) is 11.7 Å². The maximum absolute atomic E-state index is 12.4. The van der Waals surface area contributed by atoms with Gasteiger partial charge >= 0.3 is 5.97 Å². The molecule has 0 radical (unpaired) electrons. The molecule has 4 saturated carbocycles. The number of carbonyl (C=O) groups excluding carboxylic acids is 1. The highest BCUT2D eigenvalue weighted by Crippen LogP contribution is 2.73. The number of hydrogen-bond acceptors (Lipinski definition) is 7. The van der Waals surface area contributed by atoms with E-state index in [-0.39, 0.29) is 23.7 Å². The van der Waals surface area contributed by atoms with Crippen LogP contribution >= 0.6 is 0 Å². The largest absolute Gasteiger partial charge is 0.462 e. The second-order valence-corrected chi connectivity index (χ2v) is 12.9. The van der Waals surface area contributed by atoms with E-state index in [0.717, 1.165) is 6.42 Å². The lowest BCUT2D eigenvalue weighted by molar-refractivity contribution is -0.230. The monoisotopic (exact) mass is 452 g/mol. The molecule has 5 fully saturated rings. The van der Waals surface area contributed by atoms with Gasteiger partial charge in [-0.2, -0.15) is 0 Å². The van der Waals surface area contributed by atoms with Crippen LogP contribution in [0.1, 0.15) is 80.6 Å². The van der Waals surface area contributed by atoms with Gasteiger partial charge in [-0.05, 0) is 65.7 Å². The summed E-state index contributed by atoms with van der Waals surface area (Å²) in [6.45, 7) is 12.9. The molecule has 7 nitrogen and oxygen atoms in total. The Kier molecular flexibility index (Phi) is 4.52. The fourth-order valence-corrected chi connectivity index (χ4v) is 9.25. The summed E-state index contributed by atoms with van der Waals surface area (Å²) in [6, 6.07) is 0. The molecule has 0 aromatic heterocycles. The first-order valence-corrected chi connectivity index (χ1v) is 12.2. The van der Waals surface area contributed by atoms with Crippen molar-refractivity contribution in [3.05, 3.63) is 0 Å². The van der Waals surface area contributed by atoms with Gasteiger partial charge < -0.3 is 29.5 Å². The second-order valence-electron chi connectivity index (χ2n) is 12.9. The van der Waals surface area contributed by atoms with Crippen LogP contribution in [0.5, 0.6) is 0 Å². The fraction of sp³-hybridized carbons (Fsp3) is 0.960. The van der Waals surface area contributed by atoms with Gasteiger partial charge in [-0.25, -0.2) is 0 Å². The van der Waals surface area contributed by atoms with Crippen molar-refractivity contribution in [2.24, 2.45) is 28.6 Å². The first kappa shape index (κ1) is 23.0.